The van der Waals surface area contributed by atoms with Crippen LogP contribution in [0.5, 0.6) is 0 Å². The van der Waals surface area contributed by atoms with Crippen molar-refractivity contribution in [1.29, 1.82) is 5.26 Å². The second-order valence-electron chi connectivity index (χ2n) is 9.18. The third-order valence-electron chi connectivity index (χ3n) is 6.74. The van der Waals surface area contributed by atoms with Gasteiger partial charge in [-0.1, -0.05) is 11.6 Å². The predicted molar refractivity (Wildman–Crippen MR) is 140 cm³/mol. The van der Waals surface area contributed by atoms with Crippen LogP contribution in [-0.2, 0) is 14.9 Å². The number of piperidine rings is 1. The van der Waals surface area contributed by atoms with E-state index in [1.54, 1.807) is 18.3 Å². The maximum absolute atomic E-state index is 13.4. The van der Waals surface area contributed by atoms with Gasteiger partial charge in [0.2, 0.25) is 0 Å². The van der Waals surface area contributed by atoms with Crippen molar-refractivity contribution < 1.29 is 18.3 Å². The first-order chi connectivity index (χ1) is 17.8. The van der Waals surface area contributed by atoms with Gasteiger partial charge in [-0.15, -0.1) is 0 Å². The zero-order valence-corrected chi connectivity index (χ0v) is 22.0. The fourth-order valence-corrected chi connectivity index (χ4v) is 6.53. The summed E-state index contributed by atoms with van der Waals surface area (Å²) in [6.07, 6.45) is 4.38. The van der Waals surface area contributed by atoms with Crippen LogP contribution >= 0.6 is 11.6 Å². The topological polar surface area (TPSA) is 141 Å². The molecule has 4 rings (SSSR count). The minimum atomic E-state index is -3.94. The lowest BCUT2D eigenvalue weighted by molar-refractivity contribution is 0.0595. The maximum atomic E-state index is 13.4. The van der Waals surface area contributed by atoms with Gasteiger partial charge in [0, 0.05) is 26.2 Å². The Morgan fingerprint density at radius 1 is 1.24 bits per heavy atom. The summed E-state index contributed by atoms with van der Waals surface area (Å²) in [6.45, 7) is 1.98. The summed E-state index contributed by atoms with van der Waals surface area (Å²) < 4.78 is 36.1. The molecule has 3 heterocycles. The Morgan fingerprint density at radius 2 is 1.97 bits per heavy atom. The zero-order chi connectivity index (χ0) is 26.4. The second kappa shape index (κ2) is 12.2. The van der Waals surface area contributed by atoms with Gasteiger partial charge in [-0.2, -0.15) is 23.1 Å². The molecule has 0 spiro atoms. The number of nitrogens with one attached hydrogen (secondary N) is 1. The molecule has 2 aliphatic rings. The summed E-state index contributed by atoms with van der Waals surface area (Å²) in [5, 5.41) is 26.1. The third-order valence-corrected chi connectivity index (χ3v) is 9.07. The molecule has 1 aromatic carbocycles. The SMILES string of the molecule is N#Cc1ccc(N(CCO)S(=O)(=O)N2CCC(n3ncc(NC[C@@H]4CCCOC4)c(Cl)c3=O)CC2)cc1. The summed E-state index contributed by atoms with van der Waals surface area (Å²) in [5.74, 6) is 0.355. The monoisotopic (exact) mass is 550 g/mol. The van der Waals surface area contributed by atoms with Gasteiger partial charge in [0.1, 0.15) is 5.02 Å². The minimum absolute atomic E-state index is 0.0664. The van der Waals surface area contributed by atoms with E-state index in [9.17, 15) is 18.3 Å². The Hall–Kier alpha value is -2.69. The Kier molecular flexibility index (Phi) is 9.04. The first-order valence-corrected chi connectivity index (χ1v) is 14.1. The number of hydrogen-bond donors (Lipinski definition) is 2. The molecule has 37 heavy (non-hydrogen) atoms. The quantitative estimate of drug-likeness (QED) is 0.483. The van der Waals surface area contributed by atoms with Crippen LogP contribution in [0.2, 0.25) is 5.02 Å². The lowest BCUT2D eigenvalue weighted by Gasteiger charge is -2.35. The lowest BCUT2D eigenvalue weighted by atomic mass is 10.0. The Labute approximate surface area is 221 Å². The fraction of sp³-hybridized carbons (Fsp3) is 0.542. The van der Waals surface area contributed by atoms with Gasteiger partial charge in [-0.25, -0.2) is 4.68 Å². The van der Waals surface area contributed by atoms with Gasteiger partial charge in [0.15, 0.2) is 0 Å². The number of ether oxygens (including phenoxy) is 1. The van der Waals surface area contributed by atoms with Crippen LogP contribution in [-0.4, -0.2) is 73.6 Å². The molecule has 2 fully saturated rings. The van der Waals surface area contributed by atoms with Crippen LogP contribution in [0, 0.1) is 17.2 Å². The van der Waals surface area contributed by atoms with Crippen molar-refractivity contribution in [3.63, 3.8) is 0 Å². The number of aliphatic hydroxyl groups excluding tert-OH is 1. The van der Waals surface area contributed by atoms with E-state index in [2.05, 4.69) is 10.4 Å². The number of aromatic nitrogens is 2. The van der Waals surface area contributed by atoms with Crippen LogP contribution in [0.4, 0.5) is 11.4 Å². The summed E-state index contributed by atoms with van der Waals surface area (Å²) in [7, 11) is -3.94. The smallest absolute Gasteiger partial charge is 0.304 e. The van der Waals surface area contributed by atoms with Crippen molar-refractivity contribution in [3.05, 3.63) is 51.4 Å². The highest BCUT2D eigenvalue weighted by molar-refractivity contribution is 7.90. The van der Waals surface area contributed by atoms with E-state index in [1.165, 1.54) is 21.1 Å². The molecule has 1 aromatic heterocycles. The van der Waals surface area contributed by atoms with Gasteiger partial charge in [-0.3, -0.25) is 9.10 Å². The van der Waals surface area contributed by atoms with E-state index >= 15 is 0 Å². The molecule has 11 nitrogen and oxygen atoms in total. The molecule has 0 amide bonds. The van der Waals surface area contributed by atoms with E-state index in [4.69, 9.17) is 21.6 Å². The van der Waals surface area contributed by atoms with Gasteiger partial charge in [0.25, 0.3) is 5.56 Å². The van der Waals surface area contributed by atoms with Gasteiger partial charge < -0.3 is 15.2 Å². The molecule has 13 heteroatoms. The van der Waals surface area contributed by atoms with Crippen molar-refractivity contribution in [1.82, 2.24) is 14.1 Å². The Morgan fingerprint density at radius 3 is 2.59 bits per heavy atom. The van der Waals surface area contributed by atoms with Gasteiger partial charge in [0.05, 0.1) is 55.0 Å². The number of anilines is 2. The van der Waals surface area contributed by atoms with Crippen molar-refractivity contribution >= 4 is 33.2 Å². The van der Waals surface area contributed by atoms with Crippen LogP contribution in [0.3, 0.4) is 0 Å². The van der Waals surface area contributed by atoms with E-state index in [-0.39, 0.29) is 37.3 Å². The van der Waals surface area contributed by atoms with E-state index in [0.717, 1.165) is 23.8 Å². The first kappa shape index (κ1) is 27.3. The highest BCUT2D eigenvalue weighted by atomic mass is 35.5. The Bertz CT molecular complexity index is 1270. The van der Waals surface area contributed by atoms with Crippen LogP contribution in [0.1, 0.15) is 37.3 Å². The number of halogens is 1. The molecule has 0 radical (unpaired) electrons. The summed E-state index contributed by atoms with van der Waals surface area (Å²) in [5.41, 5.74) is 0.845. The molecule has 200 valence electrons. The predicted octanol–water partition coefficient (Wildman–Crippen LogP) is 1.99. The summed E-state index contributed by atoms with van der Waals surface area (Å²) >= 11 is 6.38. The maximum Gasteiger partial charge on any atom is 0.304 e. The number of hydrogen-bond acceptors (Lipinski definition) is 8. The molecule has 2 aliphatic heterocycles. The van der Waals surface area contributed by atoms with Crippen LogP contribution < -0.4 is 15.2 Å². The highest BCUT2D eigenvalue weighted by Gasteiger charge is 2.34. The van der Waals surface area contributed by atoms with Crippen molar-refractivity contribution in [2.75, 3.05) is 55.6 Å². The highest BCUT2D eigenvalue weighted by Crippen LogP contribution is 2.28. The average molecular weight is 551 g/mol. The van der Waals surface area contributed by atoms with Gasteiger partial charge >= 0.3 is 10.2 Å². The Balaban J connectivity index is 1.42. The van der Waals surface area contributed by atoms with Crippen molar-refractivity contribution in [2.24, 2.45) is 5.92 Å². The fourth-order valence-electron chi connectivity index (χ4n) is 4.68. The number of nitrogens with zero attached hydrogens (tertiary/aromatic N) is 5. The van der Waals surface area contributed by atoms with E-state index in [0.29, 0.717) is 48.8 Å². The number of aliphatic hydroxyl groups is 1. The molecule has 0 bridgehead atoms. The standard InChI is InChI=1S/C24H31ClN6O5S/c25-23-22(27-15-19-2-1-13-36-17-19)16-28-31(24(23)33)21-7-9-29(10-8-21)37(34,35)30(11-12-32)20-5-3-18(14-26)4-6-20/h3-6,16,19,21,27,32H,1-2,7-13,15,17H2/t19-/m0/s1. The molecule has 0 unspecified atom stereocenters. The van der Waals surface area contributed by atoms with Crippen LogP contribution in [0.25, 0.3) is 0 Å². The number of rotatable bonds is 9. The molecular weight excluding hydrogens is 520 g/mol. The average Bonchev–Trinajstić information content (AvgIpc) is 2.93. The molecule has 2 aromatic rings. The van der Waals surface area contributed by atoms with Crippen LogP contribution in [0.15, 0.2) is 35.3 Å². The third kappa shape index (κ3) is 6.25. The first-order valence-electron chi connectivity index (χ1n) is 12.3. The van der Waals surface area contributed by atoms with Crippen molar-refractivity contribution in [3.8, 4) is 6.07 Å². The minimum Gasteiger partial charge on any atom is -0.394 e. The van der Waals surface area contributed by atoms with E-state index in [1.807, 2.05) is 6.07 Å². The molecule has 2 saturated heterocycles. The molecule has 0 aliphatic carbocycles. The molecule has 1 atom stereocenters. The molecular formula is C24H31ClN6O5S. The summed E-state index contributed by atoms with van der Waals surface area (Å²) in [4.78, 5) is 13.0. The van der Waals surface area contributed by atoms with Crippen molar-refractivity contribution in [2.45, 2.75) is 31.7 Å². The second-order valence-corrected chi connectivity index (χ2v) is 11.4. The largest absolute Gasteiger partial charge is 0.394 e. The lowest BCUT2D eigenvalue weighted by Crippen LogP contribution is -2.49. The number of benzene rings is 1. The normalized spacial score (nSPS) is 19.3. The van der Waals surface area contributed by atoms with E-state index < -0.39 is 15.8 Å². The molecule has 2 N–H and O–H groups in total. The number of nitriles is 1. The summed E-state index contributed by atoms with van der Waals surface area (Å²) in [6, 6.07) is 7.86. The van der Waals surface area contributed by atoms with Gasteiger partial charge in [-0.05, 0) is 55.9 Å². The zero-order valence-electron chi connectivity index (χ0n) is 20.4. The molecule has 0 saturated carbocycles.